The standard InChI is InChI=1S/C17H25NO/c1-11(2)13-7-8-15-14(9-13)12(3)16(19-15)10-18-17(4,5)6/h7-9,11,18H,10H2,1-6H3. The summed E-state index contributed by atoms with van der Waals surface area (Å²) in [5.74, 6) is 1.60. The fourth-order valence-corrected chi connectivity index (χ4v) is 2.16. The van der Waals surface area contributed by atoms with Crippen LogP contribution in [0.25, 0.3) is 11.0 Å². The molecule has 0 amide bonds. The van der Waals surface area contributed by atoms with E-state index in [0.717, 1.165) is 17.9 Å². The maximum atomic E-state index is 5.97. The van der Waals surface area contributed by atoms with Crippen LogP contribution < -0.4 is 5.32 Å². The summed E-state index contributed by atoms with van der Waals surface area (Å²) in [5, 5.41) is 4.73. The van der Waals surface area contributed by atoms with Gasteiger partial charge in [-0.25, -0.2) is 0 Å². The Labute approximate surface area is 116 Å². The summed E-state index contributed by atoms with van der Waals surface area (Å²) in [6, 6.07) is 6.52. The number of rotatable bonds is 3. The van der Waals surface area contributed by atoms with Crippen LogP contribution in [0.3, 0.4) is 0 Å². The quantitative estimate of drug-likeness (QED) is 0.860. The van der Waals surface area contributed by atoms with Gasteiger partial charge in [-0.15, -0.1) is 0 Å². The normalized spacial score (nSPS) is 12.6. The highest BCUT2D eigenvalue weighted by Crippen LogP contribution is 2.28. The molecule has 0 radical (unpaired) electrons. The Balaban J connectivity index is 2.34. The summed E-state index contributed by atoms with van der Waals surface area (Å²) < 4.78 is 5.97. The van der Waals surface area contributed by atoms with Crippen LogP contribution in [-0.4, -0.2) is 5.54 Å². The molecule has 0 aliphatic heterocycles. The molecule has 0 saturated carbocycles. The lowest BCUT2D eigenvalue weighted by atomic mass is 10.0. The summed E-state index contributed by atoms with van der Waals surface area (Å²) in [6.07, 6.45) is 0. The summed E-state index contributed by atoms with van der Waals surface area (Å²) in [6.45, 7) is 13.9. The lowest BCUT2D eigenvalue weighted by Gasteiger charge is -2.19. The molecule has 0 aliphatic rings. The molecule has 0 bridgehead atoms. The molecule has 19 heavy (non-hydrogen) atoms. The minimum Gasteiger partial charge on any atom is -0.459 e. The lowest BCUT2D eigenvalue weighted by molar-refractivity contribution is 0.394. The Morgan fingerprint density at radius 1 is 1.21 bits per heavy atom. The molecule has 1 N–H and O–H groups in total. The molecule has 2 heteroatoms. The smallest absolute Gasteiger partial charge is 0.134 e. The third-order valence-corrected chi connectivity index (χ3v) is 3.50. The SMILES string of the molecule is Cc1c(CNC(C)(C)C)oc2ccc(C(C)C)cc12. The van der Waals surface area contributed by atoms with Gasteiger partial charge >= 0.3 is 0 Å². The molecule has 0 saturated heterocycles. The van der Waals surface area contributed by atoms with Gasteiger partial charge in [0.05, 0.1) is 6.54 Å². The van der Waals surface area contributed by atoms with Gasteiger partial charge < -0.3 is 9.73 Å². The Bertz CT molecular complexity index is 573. The first-order valence-electron chi connectivity index (χ1n) is 7.05. The molecule has 1 aromatic heterocycles. The zero-order valence-electron chi connectivity index (χ0n) is 12.9. The van der Waals surface area contributed by atoms with Gasteiger partial charge in [-0.1, -0.05) is 19.9 Å². The van der Waals surface area contributed by atoms with Gasteiger partial charge in [0.2, 0.25) is 0 Å². The van der Waals surface area contributed by atoms with Gasteiger partial charge in [0.1, 0.15) is 11.3 Å². The van der Waals surface area contributed by atoms with Crippen LogP contribution in [0, 0.1) is 6.92 Å². The second-order valence-corrected chi connectivity index (χ2v) is 6.66. The highest BCUT2D eigenvalue weighted by atomic mass is 16.3. The van der Waals surface area contributed by atoms with Crippen molar-refractivity contribution in [2.45, 2.75) is 59.5 Å². The van der Waals surface area contributed by atoms with Gasteiger partial charge in [-0.05, 0) is 56.9 Å². The van der Waals surface area contributed by atoms with Crippen LogP contribution in [-0.2, 0) is 6.54 Å². The predicted molar refractivity (Wildman–Crippen MR) is 81.6 cm³/mol. The van der Waals surface area contributed by atoms with Crippen molar-refractivity contribution < 1.29 is 4.42 Å². The van der Waals surface area contributed by atoms with Crippen molar-refractivity contribution in [3.8, 4) is 0 Å². The number of aryl methyl sites for hydroxylation is 1. The summed E-state index contributed by atoms with van der Waals surface area (Å²) >= 11 is 0. The molecule has 2 rings (SSSR count). The van der Waals surface area contributed by atoms with Gasteiger partial charge in [0, 0.05) is 10.9 Å². The van der Waals surface area contributed by atoms with Crippen LogP contribution in [0.1, 0.15) is 57.4 Å². The van der Waals surface area contributed by atoms with E-state index in [1.165, 1.54) is 16.5 Å². The molecule has 0 unspecified atom stereocenters. The molecule has 2 aromatic rings. The third kappa shape index (κ3) is 3.19. The fourth-order valence-electron chi connectivity index (χ4n) is 2.16. The van der Waals surface area contributed by atoms with Crippen molar-refractivity contribution in [2.75, 3.05) is 0 Å². The van der Waals surface area contributed by atoms with Crippen LogP contribution >= 0.6 is 0 Å². The molecular formula is C17H25NO. The molecule has 0 spiro atoms. The number of furan rings is 1. The van der Waals surface area contributed by atoms with Crippen molar-refractivity contribution >= 4 is 11.0 Å². The van der Waals surface area contributed by atoms with E-state index in [0.29, 0.717) is 5.92 Å². The lowest BCUT2D eigenvalue weighted by Crippen LogP contribution is -2.35. The highest BCUT2D eigenvalue weighted by molar-refractivity contribution is 5.82. The number of hydrogen-bond acceptors (Lipinski definition) is 2. The molecule has 0 fully saturated rings. The first kappa shape index (κ1) is 14.1. The van der Waals surface area contributed by atoms with Crippen molar-refractivity contribution in [3.63, 3.8) is 0 Å². The minimum absolute atomic E-state index is 0.106. The Kier molecular flexibility index (Phi) is 3.73. The maximum Gasteiger partial charge on any atom is 0.134 e. The van der Waals surface area contributed by atoms with E-state index in [1.54, 1.807) is 0 Å². The van der Waals surface area contributed by atoms with Crippen molar-refractivity contribution in [2.24, 2.45) is 0 Å². The molecular weight excluding hydrogens is 234 g/mol. The van der Waals surface area contributed by atoms with E-state index >= 15 is 0 Å². The highest BCUT2D eigenvalue weighted by Gasteiger charge is 2.15. The predicted octanol–water partition coefficient (Wildman–Crippen LogP) is 4.75. The van der Waals surface area contributed by atoms with Crippen LogP contribution in [0.2, 0.25) is 0 Å². The molecule has 1 heterocycles. The number of nitrogens with one attached hydrogen (secondary N) is 1. The van der Waals surface area contributed by atoms with E-state index in [9.17, 15) is 0 Å². The largest absolute Gasteiger partial charge is 0.459 e. The topological polar surface area (TPSA) is 25.2 Å². The van der Waals surface area contributed by atoms with E-state index in [1.807, 2.05) is 0 Å². The molecule has 1 aromatic carbocycles. The molecule has 2 nitrogen and oxygen atoms in total. The van der Waals surface area contributed by atoms with E-state index in [-0.39, 0.29) is 5.54 Å². The molecule has 0 atom stereocenters. The van der Waals surface area contributed by atoms with Gasteiger partial charge in [-0.2, -0.15) is 0 Å². The molecule has 104 valence electrons. The van der Waals surface area contributed by atoms with Crippen LogP contribution in [0.5, 0.6) is 0 Å². The van der Waals surface area contributed by atoms with Crippen LogP contribution in [0.15, 0.2) is 22.6 Å². The fraction of sp³-hybridized carbons (Fsp3) is 0.529. The van der Waals surface area contributed by atoms with Crippen molar-refractivity contribution in [1.82, 2.24) is 5.32 Å². The summed E-state index contributed by atoms with van der Waals surface area (Å²) in [5.41, 5.74) is 3.72. The number of hydrogen-bond donors (Lipinski definition) is 1. The van der Waals surface area contributed by atoms with Gasteiger partial charge in [-0.3, -0.25) is 0 Å². The Morgan fingerprint density at radius 2 is 1.89 bits per heavy atom. The third-order valence-electron chi connectivity index (χ3n) is 3.50. The number of fused-ring (bicyclic) bond motifs is 1. The molecule has 0 aliphatic carbocycles. The number of benzene rings is 1. The average Bonchev–Trinajstić information content (AvgIpc) is 2.62. The van der Waals surface area contributed by atoms with Crippen molar-refractivity contribution in [3.05, 3.63) is 35.1 Å². The zero-order chi connectivity index (χ0) is 14.2. The van der Waals surface area contributed by atoms with Gasteiger partial charge in [0.25, 0.3) is 0 Å². The summed E-state index contributed by atoms with van der Waals surface area (Å²) in [4.78, 5) is 0. The van der Waals surface area contributed by atoms with E-state index < -0.39 is 0 Å². The minimum atomic E-state index is 0.106. The summed E-state index contributed by atoms with van der Waals surface area (Å²) in [7, 11) is 0. The van der Waals surface area contributed by atoms with Crippen LogP contribution in [0.4, 0.5) is 0 Å². The van der Waals surface area contributed by atoms with E-state index in [2.05, 4.69) is 65.1 Å². The van der Waals surface area contributed by atoms with Gasteiger partial charge in [0.15, 0.2) is 0 Å². The second kappa shape index (κ2) is 5.01. The maximum absolute atomic E-state index is 5.97. The average molecular weight is 259 g/mol. The first-order chi connectivity index (χ1) is 8.78. The Hall–Kier alpha value is -1.28. The monoisotopic (exact) mass is 259 g/mol. The van der Waals surface area contributed by atoms with E-state index in [4.69, 9.17) is 4.42 Å². The Morgan fingerprint density at radius 3 is 2.47 bits per heavy atom. The first-order valence-corrected chi connectivity index (χ1v) is 7.05. The van der Waals surface area contributed by atoms with Crippen molar-refractivity contribution in [1.29, 1.82) is 0 Å². The second-order valence-electron chi connectivity index (χ2n) is 6.66. The zero-order valence-corrected chi connectivity index (χ0v) is 12.9.